The van der Waals surface area contributed by atoms with Crippen molar-refractivity contribution in [2.24, 2.45) is 0 Å². The molecule has 1 aromatic carbocycles. The largest absolute Gasteiger partial charge is 0.496 e. The van der Waals surface area contributed by atoms with Gasteiger partial charge in [0, 0.05) is 12.3 Å². The summed E-state index contributed by atoms with van der Waals surface area (Å²) in [5.74, 6) is 0.158. The summed E-state index contributed by atoms with van der Waals surface area (Å²) >= 11 is 0. The van der Waals surface area contributed by atoms with Gasteiger partial charge in [0.1, 0.15) is 5.75 Å². The first-order chi connectivity index (χ1) is 13.4. The second kappa shape index (κ2) is 7.94. The summed E-state index contributed by atoms with van der Waals surface area (Å²) in [6, 6.07) is 9.57. The first-order valence-corrected chi connectivity index (χ1v) is 7.88. The first-order valence-electron chi connectivity index (χ1n) is 7.88. The molecule has 3 aromatic rings. The van der Waals surface area contributed by atoms with E-state index in [2.05, 4.69) is 30.2 Å². The molecule has 2 N–H and O–H groups in total. The van der Waals surface area contributed by atoms with Crippen LogP contribution in [0.15, 0.2) is 42.6 Å². The molecule has 0 saturated carbocycles. The molecule has 28 heavy (non-hydrogen) atoms. The number of para-hydroxylation sites is 1. The predicted octanol–water partition coefficient (Wildman–Crippen LogP) is 3.07. The van der Waals surface area contributed by atoms with Crippen molar-refractivity contribution in [2.75, 3.05) is 19.0 Å². The predicted molar refractivity (Wildman–Crippen MR) is 92.1 cm³/mol. The number of halogens is 3. The molecule has 2 aromatic heterocycles. The Morgan fingerprint density at radius 3 is 2.68 bits per heavy atom. The number of aromatic nitrogens is 4. The van der Waals surface area contributed by atoms with Crippen molar-refractivity contribution in [3.8, 4) is 23.0 Å². The van der Waals surface area contributed by atoms with Crippen LogP contribution < -0.4 is 14.8 Å². The number of benzene rings is 1. The number of nitrogens with zero attached hydrogens (tertiary/aromatic N) is 3. The van der Waals surface area contributed by atoms with Crippen LogP contribution in [0.1, 0.15) is 10.4 Å². The summed E-state index contributed by atoms with van der Waals surface area (Å²) in [6.07, 6.45) is -3.38. The van der Waals surface area contributed by atoms with Crippen molar-refractivity contribution in [1.82, 2.24) is 20.2 Å². The maximum Gasteiger partial charge on any atom is 0.422 e. The summed E-state index contributed by atoms with van der Waals surface area (Å²) in [4.78, 5) is 20.1. The number of amides is 1. The Balaban J connectivity index is 1.66. The van der Waals surface area contributed by atoms with Gasteiger partial charge in [-0.2, -0.15) is 18.2 Å². The highest BCUT2D eigenvalue weighted by Gasteiger charge is 2.28. The Hall–Kier alpha value is -3.63. The molecule has 0 unspecified atom stereocenters. The van der Waals surface area contributed by atoms with Gasteiger partial charge in [-0.15, -0.1) is 5.10 Å². The van der Waals surface area contributed by atoms with Crippen molar-refractivity contribution in [3.05, 3.63) is 48.2 Å². The van der Waals surface area contributed by atoms with Crippen LogP contribution in [0, 0.1) is 0 Å². The Morgan fingerprint density at radius 2 is 2.00 bits per heavy atom. The van der Waals surface area contributed by atoms with E-state index < -0.39 is 18.7 Å². The number of ether oxygens (including phenoxy) is 2. The minimum atomic E-state index is -4.47. The van der Waals surface area contributed by atoms with Gasteiger partial charge in [-0.1, -0.05) is 12.1 Å². The van der Waals surface area contributed by atoms with Gasteiger partial charge in [-0.25, -0.2) is 4.98 Å². The van der Waals surface area contributed by atoms with E-state index in [9.17, 15) is 18.0 Å². The molecule has 0 spiro atoms. The molecule has 0 saturated heterocycles. The van der Waals surface area contributed by atoms with Gasteiger partial charge in [0.15, 0.2) is 12.4 Å². The molecule has 0 fully saturated rings. The monoisotopic (exact) mass is 393 g/mol. The third-order valence-corrected chi connectivity index (χ3v) is 3.46. The van der Waals surface area contributed by atoms with Crippen LogP contribution in [-0.4, -0.2) is 46.0 Å². The number of carbonyl (C=O) groups is 1. The number of alkyl halides is 3. The zero-order valence-electron chi connectivity index (χ0n) is 14.4. The number of hydrogen-bond donors (Lipinski definition) is 2. The van der Waals surface area contributed by atoms with E-state index in [0.29, 0.717) is 17.1 Å². The SMILES string of the molecule is COc1ccccc1-c1nc(NC(=O)c2ccc(OCC(F)(F)F)nc2)n[nH]1. The van der Waals surface area contributed by atoms with Crippen LogP contribution in [0.4, 0.5) is 19.1 Å². The minimum absolute atomic E-state index is 0.0169. The van der Waals surface area contributed by atoms with E-state index in [1.54, 1.807) is 24.3 Å². The van der Waals surface area contributed by atoms with Crippen molar-refractivity contribution in [1.29, 1.82) is 0 Å². The number of H-pyrrole nitrogens is 1. The second-order valence-corrected chi connectivity index (χ2v) is 5.45. The van der Waals surface area contributed by atoms with Crippen molar-refractivity contribution >= 4 is 11.9 Å². The molecule has 3 rings (SSSR count). The van der Waals surface area contributed by atoms with Crippen LogP contribution in [-0.2, 0) is 0 Å². The van der Waals surface area contributed by atoms with Crippen LogP contribution >= 0.6 is 0 Å². The summed E-state index contributed by atoms with van der Waals surface area (Å²) < 4.78 is 46.1. The van der Waals surface area contributed by atoms with Crippen molar-refractivity contribution < 1.29 is 27.4 Å². The lowest BCUT2D eigenvalue weighted by Gasteiger charge is -2.08. The maximum absolute atomic E-state index is 12.2. The number of nitrogens with one attached hydrogen (secondary N) is 2. The Labute approximate surface area is 156 Å². The molecule has 0 bridgehead atoms. The minimum Gasteiger partial charge on any atom is -0.496 e. The van der Waals surface area contributed by atoms with Gasteiger partial charge < -0.3 is 9.47 Å². The van der Waals surface area contributed by atoms with Crippen LogP contribution in [0.2, 0.25) is 0 Å². The van der Waals surface area contributed by atoms with E-state index in [1.165, 1.54) is 19.2 Å². The number of anilines is 1. The molecule has 0 radical (unpaired) electrons. The molecule has 11 heteroatoms. The Bertz CT molecular complexity index is 957. The highest BCUT2D eigenvalue weighted by Crippen LogP contribution is 2.27. The topological polar surface area (TPSA) is 102 Å². The fraction of sp³-hybridized carbons (Fsp3) is 0.176. The molecular weight excluding hydrogens is 379 g/mol. The van der Waals surface area contributed by atoms with Crippen LogP contribution in [0.5, 0.6) is 11.6 Å². The average molecular weight is 393 g/mol. The lowest BCUT2D eigenvalue weighted by molar-refractivity contribution is -0.154. The van der Waals surface area contributed by atoms with E-state index in [1.807, 2.05) is 0 Å². The maximum atomic E-state index is 12.2. The number of aromatic amines is 1. The smallest absolute Gasteiger partial charge is 0.422 e. The molecule has 2 heterocycles. The van der Waals surface area contributed by atoms with Crippen LogP contribution in [0.25, 0.3) is 11.4 Å². The lowest BCUT2D eigenvalue weighted by Crippen LogP contribution is -2.19. The van der Waals surface area contributed by atoms with Gasteiger partial charge in [-0.05, 0) is 18.2 Å². The molecule has 0 aliphatic heterocycles. The highest BCUT2D eigenvalue weighted by atomic mass is 19.4. The summed E-state index contributed by atoms with van der Waals surface area (Å²) in [7, 11) is 1.52. The summed E-state index contributed by atoms with van der Waals surface area (Å²) in [5, 5.41) is 9.08. The molecule has 1 amide bonds. The zero-order chi connectivity index (χ0) is 20.1. The van der Waals surface area contributed by atoms with E-state index >= 15 is 0 Å². The van der Waals surface area contributed by atoms with E-state index in [0.717, 1.165) is 6.20 Å². The lowest BCUT2D eigenvalue weighted by atomic mass is 10.2. The average Bonchev–Trinajstić information content (AvgIpc) is 3.14. The quantitative estimate of drug-likeness (QED) is 0.667. The fourth-order valence-corrected chi connectivity index (χ4v) is 2.21. The standard InChI is InChI=1S/C17H14F3N5O3/c1-27-12-5-3-2-4-11(12)14-22-16(25-24-14)23-15(26)10-6-7-13(21-8-10)28-9-17(18,19)20/h2-8H,9H2,1H3,(H2,22,23,24,25,26). The number of pyridine rings is 1. The third kappa shape index (κ3) is 4.75. The first kappa shape index (κ1) is 19.1. The summed E-state index contributed by atoms with van der Waals surface area (Å²) in [6.45, 7) is -1.46. The number of methoxy groups -OCH3 is 1. The van der Waals surface area contributed by atoms with Gasteiger partial charge in [0.2, 0.25) is 11.8 Å². The number of hydrogen-bond acceptors (Lipinski definition) is 6. The molecule has 0 atom stereocenters. The normalized spacial score (nSPS) is 11.1. The Morgan fingerprint density at radius 1 is 1.21 bits per heavy atom. The molecular formula is C17H14F3N5O3. The number of rotatable bonds is 6. The molecule has 0 aliphatic rings. The van der Waals surface area contributed by atoms with Gasteiger partial charge in [0.25, 0.3) is 5.91 Å². The highest BCUT2D eigenvalue weighted by molar-refractivity contribution is 6.03. The van der Waals surface area contributed by atoms with Gasteiger partial charge in [-0.3, -0.25) is 15.2 Å². The Kier molecular flexibility index (Phi) is 5.43. The van der Waals surface area contributed by atoms with Crippen molar-refractivity contribution in [2.45, 2.75) is 6.18 Å². The molecule has 0 aliphatic carbocycles. The van der Waals surface area contributed by atoms with Gasteiger partial charge >= 0.3 is 6.18 Å². The molecule has 8 nitrogen and oxygen atoms in total. The summed E-state index contributed by atoms with van der Waals surface area (Å²) in [5.41, 5.74) is 0.758. The van der Waals surface area contributed by atoms with Crippen LogP contribution in [0.3, 0.4) is 0 Å². The fourth-order valence-electron chi connectivity index (χ4n) is 2.21. The zero-order valence-corrected chi connectivity index (χ0v) is 14.4. The molecule has 146 valence electrons. The third-order valence-electron chi connectivity index (χ3n) is 3.46. The number of carbonyl (C=O) groups excluding carboxylic acids is 1. The van der Waals surface area contributed by atoms with E-state index in [-0.39, 0.29) is 17.4 Å². The van der Waals surface area contributed by atoms with Crippen molar-refractivity contribution in [3.63, 3.8) is 0 Å². The second-order valence-electron chi connectivity index (χ2n) is 5.45. The van der Waals surface area contributed by atoms with Gasteiger partial charge in [0.05, 0.1) is 18.2 Å². The van der Waals surface area contributed by atoms with E-state index in [4.69, 9.17) is 4.74 Å².